The molecule has 0 radical (unpaired) electrons. The third kappa shape index (κ3) is 5.41. The number of halogens is 1. The summed E-state index contributed by atoms with van der Waals surface area (Å²) >= 11 is 7.78. The average Bonchev–Trinajstić information content (AvgIpc) is 3.05. The van der Waals surface area contributed by atoms with Crippen LogP contribution in [0.4, 0.5) is 0 Å². The van der Waals surface area contributed by atoms with Crippen molar-refractivity contribution in [2.45, 2.75) is 31.7 Å². The molecule has 1 aliphatic heterocycles. The van der Waals surface area contributed by atoms with Crippen molar-refractivity contribution in [2.75, 3.05) is 26.2 Å². The molecule has 0 saturated carbocycles. The van der Waals surface area contributed by atoms with Gasteiger partial charge in [-0.15, -0.1) is 0 Å². The first-order valence-electron chi connectivity index (χ1n) is 10.4. The van der Waals surface area contributed by atoms with E-state index in [2.05, 4.69) is 40.8 Å². The van der Waals surface area contributed by atoms with Crippen molar-refractivity contribution in [3.05, 3.63) is 58.4 Å². The van der Waals surface area contributed by atoms with Crippen LogP contribution in [0.15, 0.2) is 53.5 Å². The lowest BCUT2D eigenvalue weighted by Gasteiger charge is -2.29. The molecule has 0 N–H and O–H groups in total. The summed E-state index contributed by atoms with van der Waals surface area (Å²) in [5.74, 6) is 0.856. The number of aromatic nitrogens is 1. The minimum absolute atomic E-state index is 0.441. The summed E-state index contributed by atoms with van der Waals surface area (Å²) in [5, 5.41) is 0.722. The first-order valence-corrected chi connectivity index (χ1v) is 11.6. The van der Waals surface area contributed by atoms with Gasteiger partial charge in [-0.2, -0.15) is 0 Å². The van der Waals surface area contributed by atoms with Gasteiger partial charge in [0.15, 0.2) is 4.80 Å². The second kappa shape index (κ2) is 9.79. The van der Waals surface area contributed by atoms with Gasteiger partial charge < -0.3 is 14.2 Å². The van der Waals surface area contributed by atoms with Crippen molar-refractivity contribution < 1.29 is 4.74 Å². The molecule has 0 amide bonds. The molecular weight excluding hydrogens is 402 g/mol. The molecule has 154 valence electrons. The van der Waals surface area contributed by atoms with Crippen molar-refractivity contribution in [2.24, 2.45) is 12.0 Å². The minimum Gasteiger partial charge on any atom is -0.494 e. The molecule has 6 heteroatoms. The normalized spacial score (nSPS) is 16.6. The summed E-state index contributed by atoms with van der Waals surface area (Å²) in [7, 11) is 2.12. The Balaban J connectivity index is 1.20. The van der Waals surface area contributed by atoms with E-state index in [4.69, 9.17) is 21.3 Å². The Labute approximate surface area is 181 Å². The first-order chi connectivity index (χ1) is 14.2. The number of aryl methyl sites for hydroxylation is 1. The molecule has 4 nitrogen and oxygen atoms in total. The molecule has 3 aromatic rings. The van der Waals surface area contributed by atoms with Crippen LogP contribution in [0.5, 0.6) is 5.75 Å². The van der Waals surface area contributed by atoms with Gasteiger partial charge in [-0.25, -0.2) is 0 Å². The fraction of sp³-hybridized carbons (Fsp3) is 0.435. The van der Waals surface area contributed by atoms with Crippen LogP contribution in [-0.4, -0.2) is 41.8 Å². The molecular formula is C23H28ClN3OS. The number of benzene rings is 2. The van der Waals surface area contributed by atoms with E-state index in [0.29, 0.717) is 6.04 Å². The molecule has 2 aromatic carbocycles. The standard InChI is InChI=1S/C23H28ClN3OS/c1-26-21-9-2-3-10-22(21)29-23(26)25-19-11-14-27(15-12-19)13-4-5-16-28-20-8-6-7-18(24)17-20/h2-3,6-10,17,19H,4-5,11-16H2,1H3. The Bertz CT molecular complexity index is 1000. The maximum atomic E-state index is 5.98. The minimum atomic E-state index is 0.441. The number of nitrogens with zero attached hydrogens (tertiary/aromatic N) is 3. The Hall–Kier alpha value is -1.82. The van der Waals surface area contributed by atoms with Gasteiger partial charge in [0.2, 0.25) is 0 Å². The Morgan fingerprint density at radius 3 is 2.72 bits per heavy atom. The Kier molecular flexibility index (Phi) is 6.90. The van der Waals surface area contributed by atoms with Crippen molar-refractivity contribution in [1.29, 1.82) is 0 Å². The zero-order chi connectivity index (χ0) is 20.1. The van der Waals surface area contributed by atoms with Crippen LogP contribution in [0.25, 0.3) is 10.2 Å². The number of ether oxygens (including phenoxy) is 1. The topological polar surface area (TPSA) is 29.8 Å². The van der Waals surface area contributed by atoms with Crippen LogP contribution in [0, 0.1) is 0 Å². The molecule has 2 heterocycles. The molecule has 0 aliphatic carbocycles. The summed E-state index contributed by atoms with van der Waals surface area (Å²) in [4.78, 5) is 8.77. The van der Waals surface area contributed by atoms with Crippen LogP contribution in [0.2, 0.25) is 5.02 Å². The van der Waals surface area contributed by atoms with Gasteiger partial charge in [0, 0.05) is 25.2 Å². The van der Waals surface area contributed by atoms with Gasteiger partial charge in [-0.1, -0.05) is 41.1 Å². The smallest absolute Gasteiger partial charge is 0.185 e. The molecule has 1 saturated heterocycles. The number of unbranched alkanes of at least 4 members (excludes halogenated alkanes) is 1. The van der Waals surface area contributed by atoms with Crippen LogP contribution in [-0.2, 0) is 7.05 Å². The first kappa shape index (κ1) is 20.5. The summed E-state index contributed by atoms with van der Waals surface area (Å²) in [5.41, 5.74) is 1.27. The van der Waals surface area contributed by atoms with Crippen LogP contribution in [0.1, 0.15) is 25.7 Å². The van der Waals surface area contributed by atoms with E-state index in [1.54, 1.807) is 11.3 Å². The fourth-order valence-electron chi connectivity index (χ4n) is 3.82. The number of para-hydroxylation sites is 1. The molecule has 1 aromatic heterocycles. The van der Waals surface area contributed by atoms with Gasteiger partial charge in [-0.05, 0) is 62.6 Å². The number of piperidine rings is 1. The third-order valence-electron chi connectivity index (χ3n) is 5.50. The molecule has 0 bridgehead atoms. The number of thiazole rings is 1. The van der Waals surface area contributed by atoms with Gasteiger partial charge in [0.1, 0.15) is 5.75 Å². The van der Waals surface area contributed by atoms with E-state index in [0.717, 1.165) is 67.5 Å². The Morgan fingerprint density at radius 1 is 1.10 bits per heavy atom. The maximum absolute atomic E-state index is 5.98. The van der Waals surface area contributed by atoms with E-state index in [-0.39, 0.29) is 0 Å². The van der Waals surface area contributed by atoms with Gasteiger partial charge in [-0.3, -0.25) is 4.99 Å². The monoisotopic (exact) mass is 429 g/mol. The van der Waals surface area contributed by atoms with E-state index in [9.17, 15) is 0 Å². The molecule has 1 fully saturated rings. The largest absolute Gasteiger partial charge is 0.494 e. The van der Waals surface area contributed by atoms with Gasteiger partial charge >= 0.3 is 0 Å². The lowest BCUT2D eigenvalue weighted by atomic mass is 10.1. The predicted octanol–water partition coefficient (Wildman–Crippen LogP) is 5.12. The fourth-order valence-corrected chi connectivity index (χ4v) is 5.09. The average molecular weight is 430 g/mol. The van der Waals surface area contributed by atoms with E-state index < -0.39 is 0 Å². The van der Waals surface area contributed by atoms with E-state index in [1.807, 2.05) is 24.3 Å². The summed E-state index contributed by atoms with van der Waals surface area (Å²) in [6.07, 6.45) is 4.52. The second-order valence-electron chi connectivity index (χ2n) is 7.63. The Morgan fingerprint density at radius 2 is 1.93 bits per heavy atom. The van der Waals surface area contributed by atoms with Crippen LogP contribution >= 0.6 is 22.9 Å². The highest BCUT2D eigenvalue weighted by Crippen LogP contribution is 2.19. The number of hydrogen-bond acceptors (Lipinski definition) is 4. The molecule has 0 unspecified atom stereocenters. The van der Waals surface area contributed by atoms with Crippen LogP contribution < -0.4 is 9.54 Å². The number of likely N-dealkylation sites (tertiary alicyclic amines) is 1. The quantitative estimate of drug-likeness (QED) is 0.488. The van der Waals surface area contributed by atoms with Crippen molar-refractivity contribution in [3.8, 4) is 5.75 Å². The highest BCUT2D eigenvalue weighted by molar-refractivity contribution is 7.16. The highest BCUT2D eigenvalue weighted by atomic mass is 35.5. The molecule has 1 aliphatic rings. The van der Waals surface area contributed by atoms with E-state index in [1.165, 1.54) is 10.2 Å². The number of hydrogen-bond donors (Lipinski definition) is 0. The summed E-state index contributed by atoms with van der Waals surface area (Å²) in [6, 6.07) is 16.6. The van der Waals surface area contributed by atoms with Crippen molar-refractivity contribution in [3.63, 3.8) is 0 Å². The zero-order valence-corrected chi connectivity index (χ0v) is 18.5. The maximum Gasteiger partial charge on any atom is 0.185 e. The number of fused-ring (bicyclic) bond motifs is 1. The summed E-state index contributed by atoms with van der Waals surface area (Å²) < 4.78 is 9.32. The lowest BCUT2D eigenvalue weighted by Crippen LogP contribution is -2.36. The SMILES string of the molecule is Cn1c(=NC2CCN(CCCCOc3cccc(Cl)c3)CC2)sc2ccccc21. The molecule has 29 heavy (non-hydrogen) atoms. The third-order valence-corrected chi connectivity index (χ3v) is 6.86. The van der Waals surface area contributed by atoms with E-state index >= 15 is 0 Å². The highest BCUT2D eigenvalue weighted by Gasteiger charge is 2.18. The molecule has 0 atom stereocenters. The lowest BCUT2D eigenvalue weighted by molar-refractivity contribution is 0.202. The van der Waals surface area contributed by atoms with Gasteiger partial charge in [0.25, 0.3) is 0 Å². The predicted molar refractivity (Wildman–Crippen MR) is 122 cm³/mol. The van der Waals surface area contributed by atoms with Crippen molar-refractivity contribution >= 4 is 33.2 Å². The van der Waals surface area contributed by atoms with Crippen molar-refractivity contribution in [1.82, 2.24) is 9.47 Å². The van der Waals surface area contributed by atoms with Gasteiger partial charge in [0.05, 0.1) is 22.9 Å². The second-order valence-corrected chi connectivity index (χ2v) is 9.07. The summed E-state index contributed by atoms with van der Waals surface area (Å²) in [6.45, 7) is 4.16. The molecule has 0 spiro atoms. The van der Waals surface area contributed by atoms with Crippen LogP contribution in [0.3, 0.4) is 0 Å². The zero-order valence-electron chi connectivity index (χ0n) is 16.9. The number of rotatable bonds is 7. The molecule has 4 rings (SSSR count).